The molecule has 2 aliphatic heterocycles. The lowest BCUT2D eigenvalue weighted by Gasteiger charge is -2.32. The highest BCUT2D eigenvalue weighted by molar-refractivity contribution is 5.91. The number of nitrogens with one attached hydrogen (secondary N) is 1. The van der Waals surface area contributed by atoms with E-state index in [0.717, 1.165) is 42.6 Å². The lowest BCUT2D eigenvalue weighted by atomic mass is 10.1. The first-order valence-electron chi connectivity index (χ1n) is 16.1. The molecule has 3 aromatic rings. The van der Waals surface area contributed by atoms with Crippen LogP contribution in [-0.4, -0.2) is 83.0 Å². The Hall–Kier alpha value is -4.93. The summed E-state index contributed by atoms with van der Waals surface area (Å²) < 4.78 is 17.1. The number of rotatable bonds is 8. The Morgan fingerprint density at radius 2 is 1.77 bits per heavy atom. The summed E-state index contributed by atoms with van der Waals surface area (Å²) in [5, 5.41) is 2.95. The standard InChI is InChI=1S/C36H40N5O6/c1-45-28-16-14-25(15-17-28)22-40-18-10-5-3-4-9-13-27-21-36(27,24-42)39-34(43)30-19-29(23-41(30)35(40)44)47-32-20-31(46-2)37-33(38-32)26-11-7-6-8-12-26/h6-9,11-17,20,27,29-30H,3-5,10,18-19,21-23H2,1-2H3,(H,39,43)/b13-9+. The number of fused-ring (bicyclic) bond motifs is 2. The maximum Gasteiger partial charge on any atom is 0.321 e. The number of hydrogen-bond acceptors (Lipinski definition) is 8. The van der Waals surface area contributed by atoms with Crippen LogP contribution in [0.25, 0.3) is 11.4 Å². The van der Waals surface area contributed by atoms with Crippen molar-refractivity contribution in [3.8, 4) is 28.9 Å². The fourth-order valence-corrected chi connectivity index (χ4v) is 6.29. The zero-order valence-corrected chi connectivity index (χ0v) is 26.8. The largest absolute Gasteiger partial charge is 0.497 e. The van der Waals surface area contributed by atoms with Gasteiger partial charge in [0.15, 0.2) is 5.82 Å². The molecule has 245 valence electrons. The van der Waals surface area contributed by atoms with Crippen LogP contribution < -0.4 is 19.5 Å². The maximum atomic E-state index is 14.4. The van der Waals surface area contributed by atoms with Gasteiger partial charge in [-0.3, -0.25) is 9.59 Å². The Morgan fingerprint density at radius 1 is 0.979 bits per heavy atom. The predicted molar refractivity (Wildman–Crippen MR) is 175 cm³/mol. The quantitative estimate of drug-likeness (QED) is 0.352. The van der Waals surface area contributed by atoms with E-state index < -0.39 is 23.6 Å². The van der Waals surface area contributed by atoms with Crippen LogP contribution >= 0.6 is 0 Å². The van der Waals surface area contributed by atoms with E-state index in [1.807, 2.05) is 60.7 Å². The summed E-state index contributed by atoms with van der Waals surface area (Å²) in [6.07, 6.45) is 9.94. The average molecular weight is 639 g/mol. The van der Waals surface area contributed by atoms with E-state index in [1.54, 1.807) is 23.0 Å². The second-order valence-corrected chi connectivity index (χ2v) is 12.3. The van der Waals surface area contributed by atoms with Gasteiger partial charge in [-0.1, -0.05) is 61.0 Å². The Labute approximate surface area is 274 Å². The summed E-state index contributed by atoms with van der Waals surface area (Å²) in [7, 11) is 3.14. The second-order valence-electron chi connectivity index (χ2n) is 12.3. The van der Waals surface area contributed by atoms with Crippen molar-refractivity contribution in [2.75, 3.05) is 27.3 Å². The number of aromatic nitrogens is 2. The van der Waals surface area contributed by atoms with Crippen LogP contribution in [-0.2, 0) is 16.1 Å². The number of benzene rings is 2. The predicted octanol–water partition coefficient (Wildman–Crippen LogP) is 4.72. The molecule has 11 heteroatoms. The first kappa shape index (κ1) is 32.0. The van der Waals surface area contributed by atoms with E-state index in [2.05, 4.69) is 27.6 Å². The summed E-state index contributed by atoms with van der Waals surface area (Å²) in [6.45, 7) is 1.06. The van der Waals surface area contributed by atoms with E-state index in [0.29, 0.717) is 31.2 Å². The fraction of sp³-hybridized carbons (Fsp3) is 0.417. The normalized spacial score (nSPS) is 25.4. The molecule has 6 rings (SSSR count). The fourth-order valence-electron chi connectivity index (χ4n) is 6.29. The Balaban J connectivity index is 1.28. The molecule has 3 aliphatic rings. The molecule has 2 fully saturated rings. The van der Waals surface area contributed by atoms with Gasteiger partial charge in [-0.2, -0.15) is 9.97 Å². The number of urea groups is 1. The van der Waals surface area contributed by atoms with E-state index in [4.69, 9.17) is 14.2 Å². The molecule has 1 radical (unpaired) electrons. The van der Waals surface area contributed by atoms with Gasteiger partial charge >= 0.3 is 6.03 Å². The molecular weight excluding hydrogens is 598 g/mol. The first-order valence-corrected chi connectivity index (χ1v) is 16.1. The van der Waals surface area contributed by atoms with Gasteiger partial charge in [-0.05, 0) is 43.4 Å². The third-order valence-corrected chi connectivity index (χ3v) is 9.03. The number of methoxy groups -OCH3 is 2. The molecule has 3 amide bonds. The zero-order chi connectivity index (χ0) is 32.8. The molecule has 4 unspecified atom stereocenters. The smallest absolute Gasteiger partial charge is 0.321 e. The molecule has 2 aromatic carbocycles. The lowest BCUT2D eigenvalue weighted by Crippen LogP contribution is -2.53. The van der Waals surface area contributed by atoms with Crippen LogP contribution in [0.2, 0.25) is 0 Å². The zero-order valence-electron chi connectivity index (χ0n) is 26.8. The summed E-state index contributed by atoms with van der Waals surface area (Å²) in [5.41, 5.74) is 0.668. The molecule has 1 N–H and O–H groups in total. The van der Waals surface area contributed by atoms with Gasteiger partial charge in [-0.15, -0.1) is 0 Å². The molecule has 1 aliphatic carbocycles. The highest BCUT2D eigenvalue weighted by Crippen LogP contribution is 2.43. The van der Waals surface area contributed by atoms with Crippen LogP contribution in [0, 0.1) is 5.92 Å². The Morgan fingerprint density at radius 3 is 2.51 bits per heavy atom. The summed E-state index contributed by atoms with van der Waals surface area (Å²) in [6, 6.07) is 17.6. The molecule has 1 aromatic heterocycles. The van der Waals surface area contributed by atoms with Gasteiger partial charge in [0.1, 0.15) is 23.4 Å². The minimum absolute atomic E-state index is 0.108. The van der Waals surface area contributed by atoms with Gasteiger partial charge in [0, 0.05) is 31.0 Å². The Bertz CT molecular complexity index is 1600. The van der Waals surface area contributed by atoms with Crippen LogP contribution in [0.4, 0.5) is 4.79 Å². The molecule has 4 atom stereocenters. The van der Waals surface area contributed by atoms with Crippen molar-refractivity contribution < 1.29 is 28.6 Å². The number of allylic oxidation sites excluding steroid dienone is 1. The number of carbonyl (C=O) groups is 2. The number of carbonyl (C=O) groups excluding carboxylic acids is 3. The van der Waals surface area contributed by atoms with Gasteiger partial charge in [0.25, 0.3) is 0 Å². The SMILES string of the molecule is COc1ccc(CN2CCCCC/C=C/C3CC3([C]=O)NC(=O)C3CC(Oc4cc(OC)nc(-c5ccccc5)n4)CN3C2=O)cc1. The Kier molecular flexibility index (Phi) is 9.70. The van der Waals surface area contributed by atoms with Gasteiger partial charge < -0.3 is 29.3 Å². The minimum Gasteiger partial charge on any atom is -0.497 e. The molecular formula is C36H40N5O6. The highest BCUT2D eigenvalue weighted by Gasteiger charge is 2.56. The average Bonchev–Trinajstić information content (AvgIpc) is 3.62. The van der Waals surface area contributed by atoms with Gasteiger partial charge in [-0.25, -0.2) is 4.79 Å². The molecule has 11 nitrogen and oxygen atoms in total. The minimum atomic E-state index is -1.07. The molecule has 3 heterocycles. The molecule has 1 saturated heterocycles. The number of nitrogens with zero attached hydrogens (tertiary/aromatic N) is 4. The van der Waals surface area contributed by atoms with E-state index >= 15 is 0 Å². The number of amides is 3. The molecule has 1 saturated carbocycles. The third-order valence-electron chi connectivity index (χ3n) is 9.03. The van der Waals surface area contributed by atoms with Crippen LogP contribution in [0.5, 0.6) is 17.5 Å². The van der Waals surface area contributed by atoms with Crippen LogP contribution in [0.1, 0.15) is 44.1 Å². The monoisotopic (exact) mass is 638 g/mol. The van der Waals surface area contributed by atoms with Gasteiger partial charge in [0.2, 0.25) is 24.0 Å². The summed E-state index contributed by atoms with van der Waals surface area (Å²) in [4.78, 5) is 52.9. The maximum absolute atomic E-state index is 14.4. The summed E-state index contributed by atoms with van der Waals surface area (Å²) in [5.74, 6) is 1.27. The molecule has 47 heavy (non-hydrogen) atoms. The first-order chi connectivity index (χ1) is 22.9. The van der Waals surface area contributed by atoms with E-state index in [-0.39, 0.29) is 30.8 Å². The van der Waals surface area contributed by atoms with Crippen molar-refractivity contribution in [2.45, 2.75) is 62.8 Å². The van der Waals surface area contributed by atoms with Crippen molar-refractivity contribution in [1.82, 2.24) is 25.1 Å². The van der Waals surface area contributed by atoms with Crippen molar-refractivity contribution in [1.29, 1.82) is 0 Å². The number of hydrogen-bond donors (Lipinski definition) is 1. The van der Waals surface area contributed by atoms with Crippen molar-refractivity contribution in [3.05, 3.63) is 78.4 Å². The number of ether oxygens (including phenoxy) is 3. The topological polar surface area (TPSA) is 123 Å². The van der Waals surface area contributed by atoms with Gasteiger partial charge in [0.05, 0.1) is 26.8 Å². The van der Waals surface area contributed by atoms with Crippen LogP contribution in [0.15, 0.2) is 72.8 Å². The second kappa shape index (κ2) is 14.2. The van der Waals surface area contributed by atoms with Crippen molar-refractivity contribution >= 4 is 18.2 Å². The third kappa shape index (κ3) is 7.40. The van der Waals surface area contributed by atoms with Crippen LogP contribution in [0.3, 0.4) is 0 Å². The lowest BCUT2D eigenvalue weighted by molar-refractivity contribution is -0.125. The van der Waals surface area contributed by atoms with Crippen molar-refractivity contribution in [3.63, 3.8) is 0 Å². The van der Waals surface area contributed by atoms with Crippen molar-refractivity contribution in [2.24, 2.45) is 5.92 Å². The van der Waals surface area contributed by atoms with E-state index in [1.165, 1.54) is 7.11 Å². The van der Waals surface area contributed by atoms with E-state index in [9.17, 15) is 14.4 Å². The highest BCUT2D eigenvalue weighted by atomic mass is 16.5. The molecule has 0 spiro atoms. The summed E-state index contributed by atoms with van der Waals surface area (Å²) >= 11 is 0. The molecule has 0 bridgehead atoms.